The van der Waals surface area contributed by atoms with Gasteiger partial charge in [0.1, 0.15) is 0 Å². The van der Waals surface area contributed by atoms with Crippen LogP contribution in [0.15, 0.2) is 0 Å². The molecule has 1 N–H and O–H groups in total. The summed E-state index contributed by atoms with van der Waals surface area (Å²) in [6.07, 6.45) is 0.752. The second-order valence-corrected chi connectivity index (χ2v) is 4.66. The highest BCUT2D eigenvalue weighted by Gasteiger charge is 2.18. The van der Waals surface area contributed by atoms with E-state index in [1.807, 2.05) is 13.8 Å². The van der Waals surface area contributed by atoms with E-state index in [4.69, 9.17) is 4.74 Å². The molecular formula is C11H22N2O2. The molecule has 1 atom stereocenters. The van der Waals surface area contributed by atoms with Crippen LogP contribution in [0.1, 0.15) is 20.3 Å². The predicted molar refractivity (Wildman–Crippen MR) is 59.7 cm³/mol. The zero-order valence-corrected chi connectivity index (χ0v) is 9.95. The summed E-state index contributed by atoms with van der Waals surface area (Å²) < 4.78 is 5.55. The summed E-state index contributed by atoms with van der Waals surface area (Å²) in [6, 6.07) is 0. The zero-order chi connectivity index (χ0) is 11.3. The Balaban J connectivity index is 2.16. The molecule has 1 unspecified atom stereocenters. The first kappa shape index (κ1) is 12.5. The van der Waals surface area contributed by atoms with E-state index in [0.717, 1.165) is 19.7 Å². The van der Waals surface area contributed by atoms with Crippen molar-refractivity contribution in [3.8, 4) is 0 Å². The summed E-state index contributed by atoms with van der Waals surface area (Å²) >= 11 is 0. The predicted octanol–water partition coefficient (Wildman–Crippen LogP) is 0.479. The Morgan fingerprint density at radius 1 is 1.60 bits per heavy atom. The lowest BCUT2D eigenvalue weighted by atomic mass is 10.1. The number of hydrogen-bond acceptors (Lipinski definition) is 3. The lowest BCUT2D eigenvalue weighted by Crippen LogP contribution is -2.46. The quantitative estimate of drug-likeness (QED) is 0.740. The van der Waals surface area contributed by atoms with Gasteiger partial charge in [-0.15, -0.1) is 0 Å². The molecule has 15 heavy (non-hydrogen) atoms. The lowest BCUT2D eigenvalue weighted by molar-refractivity contribution is -0.122. The minimum Gasteiger partial charge on any atom is -0.374 e. The molecule has 4 heteroatoms. The number of likely N-dealkylation sites (N-methyl/N-ethyl adjacent to an activating group) is 1. The van der Waals surface area contributed by atoms with Gasteiger partial charge in [-0.25, -0.2) is 0 Å². The van der Waals surface area contributed by atoms with E-state index < -0.39 is 0 Å². The lowest BCUT2D eigenvalue weighted by Gasteiger charge is -2.30. The first-order valence-corrected chi connectivity index (χ1v) is 5.64. The van der Waals surface area contributed by atoms with Crippen LogP contribution in [0, 0.1) is 5.92 Å². The summed E-state index contributed by atoms with van der Waals surface area (Å²) in [6.45, 7) is 7.38. The van der Waals surface area contributed by atoms with Gasteiger partial charge < -0.3 is 15.0 Å². The molecule has 0 aromatic rings. The number of nitrogens with zero attached hydrogens (tertiary/aromatic N) is 1. The maximum atomic E-state index is 11.4. The highest BCUT2D eigenvalue weighted by molar-refractivity contribution is 5.76. The summed E-state index contributed by atoms with van der Waals surface area (Å²) in [5.41, 5.74) is 0. The van der Waals surface area contributed by atoms with Crippen molar-refractivity contribution in [2.24, 2.45) is 5.92 Å². The molecular weight excluding hydrogens is 192 g/mol. The molecule has 0 aliphatic carbocycles. The van der Waals surface area contributed by atoms with Crippen LogP contribution in [-0.2, 0) is 9.53 Å². The van der Waals surface area contributed by atoms with Crippen molar-refractivity contribution in [3.05, 3.63) is 0 Å². The number of ether oxygens (including phenoxy) is 1. The number of hydrogen-bond donors (Lipinski definition) is 1. The maximum absolute atomic E-state index is 11.4. The molecule has 88 valence electrons. The van der Waals surface area contributed by atoms with Crippen molar-refractivity contribution >= 4 is 5.91 Å². The third kappa shape index (κ3) is 5.14. The normalized spacial score (nSPS) is 23.1. The fourth-order valence-electron chi connectivity index (χ4n) is 1.66. The van der Waals surface area contributed by atoms with Crippen molar-refractivity contribution in [1.82, 2.24) is 10.2 Å². The Hall–Kier alpha value is -0.610. The van der Waals surface area contributed by atoms with Gasteiger partial charge in [0, 0.05) is 26.1 Å². The number of nitrogens with one attached hydrogen (secondary N) is 1. The number of morpholine rings is 1. The Morgan fingerprint density at radius 2 is 2.33 bits per heavy atom. The van der Waals surface area contributed by atoms with E-state index in [2.05, 4.69) is 17.3 Å². The van der Waals surface area contributed by atoms with Gasteiger partial charge in [-0.3, -0.25) is 4.79 Å². The summed E-state index contributed by atoms with van der Waals surface area (Å²) in [7, 11) is 2.07. The molecule has 0 bridgehead atoms. The van der Waals surface area contributed by atoms with E-state index in [1.54, 1.807) is 0 Å². The molecule has 0 spiro atoms. The van der Waals surface area contributed by atoms with Crippen molar-refractivity contribution in [3.63, 3.8) is 0 Å². The van der Waals surface area contributed by atoms with Gasteiger partial charge in [0.15, 0.2) is 0 Å². The Bertz CT molecular complexity index is 207. The number of carbonyl (C=O) groups is 1. The Morgan fingerprint density at radius 3 is 2.93 bits per heavy atom. The third-order valence-corrected chi connectivity index (χ3v) is 2.46. The van der Waals surface area contributed by atoms with Crippen LogP contribution in [0.2, 0.25) is 0 Å². The van der Waals surface area contributed by atoms with Crippen molar-refractivity contribution < 1.29 is 9.53 Å². The van der Waals surface area contributed by atoms with Gasteiger partial charge in [-0.05, 0) is 13.0 Å². The second kappa shape index (κ2) is 6.08. The monoisotopic (exact) mass is 214 g/mol. The first-order chi connectivity index (χ1) is 7.08. The fourth-order valence-corrected chi connectivity index (χ4v) is 1.66. The SMILES string of the molecule is CC(C)CC(=O)NCC1CN(C)CCO1. The Kier molecular flexibility index (Phi) is 5.05. The standard InChI is InChI=1S/C11H22N2O2/c1-9(2)6-11(14)12-7-10-8-13(3)4-5-15-10/h9-10H,4-8H2,1-3H3,(H,12,14). The highest BCUT2D eigenvalue weighted by atomic mass is 16.5. The molecule has 1 aliphatic rings. The molecule has 1 fully saturated rings. The van der Waals surface area contributed by atoms with Crippen LogP contribution in [0.5, 0.6) is 0 Å². The number of rotatable bonds is 4. The van der Waals surface area contributed by atoms with Gasteiger partial charge >= 0.3 is 0 Å². The molecule has 0 radical (unpaired) electrons. The molecule has 0 saturated carbocycles. The minimum atomic E-state index is 0.127. The van der Waals surface area contributed by atoms with Gasteiger partial charge in [-0.1, -0.05) is 13.8 Å². The second-order valence-electron chi connectivity index (χ2n) is 4.66. The van der Waals surface area contributed by atoms with Crippen LogP contribution in [0.3, 0.4) is 0 Å². The average molecular weight is 214 g/mol. The number of carbonyl (C=O) groups excluding carboxylic acids is 1. The molecule has 1 amide bonds. The van der Waals surface area contributed by atoms with Crippen LogP contribution < -0.4 is 5.32 Å². The summed E-state index contributed by atoms with van der Waals surface area (Å²) in [4.78, 5) is 13.6. The summed E-state index contributed by atoms with van der Waals surface area (Å²) in [5.74, 6) is 0.543. The molecule has 1 saturated heterocycles. The van der Waals surface area contributed by atoms with Crippen LogP contribution >= 0.6 is 0 Å². The van der Waals surface area contributed by atoms with Crippen LogP contribution in [-0.4, -0.2) is 50.2 Å². The zero-order valence-electron chi connectivity index (χ0n) is 9.95. The first-order valence-electron chi connectivity index (χ1n) is 5.64. The highest BCUT2D eigenvalue weighted by Crippen LogP contribution is 2.02. The Labute approximate surface area is 92.0 Å². The van der Waals surface area contributed by atoms with E-state index in [0.29, 0.717) is 18.9 Å². The topological polar surface area (TPSA) is 41.6 Å². The van der Waals surface area contributed by atoms with Crippen molar-refractivity contribution in [2.45, 2.75) is 26.4 Å². The number of amides is 1. The molecule has 0 aromatic heterocycles. The molecule has 0 aromatic carbocycles. The average Bonchev–Trinajstić information content (AvgIpc) is 2.14. The van der Waals surface area contributed by atoms with Crippen molar-refractivity contribution in [1.29, 1.82) is 0 Å². The molecule has 1 rings (SSSR count). The van der Waals surface area contributed by atoms with Crippen molar-refractivity contribution in [2.75, 3.05) is 33.3 Å². The van der Waals surface area contributed by atoms with Gasteiger partial charge in [0.05, 0.1) is 12.7 Å². The largest absolute Gasteiger partial charge is 0.374 e. The smallest absolute Gasteiger partial charge is 0.220 e. The molecule has 1 aliphatic heterocycles. The van der Waals surface area contributed by atoms with E-state index in [1.165, 1.54) is 0 Å². The maximum Gasteiger partial charge on any atom is 0.220 e. The minimum absolute atomic E-state index is 0.127. The van der Waals surface area contributed by atoms with E-state index in [-0.39, 0.29) is 12.0 Å². The van der Waals surface area contributed by atoms with Crippen LogP contribution in [0.25, 0.3) is 0 Å². The third-order valence-electron chi connectivity index (χ3n) is 2.46. The molecule has 1 heterocycles. The van der Waals surface area contributed by atoms with E-state index in [9.17, 15) is 4.79 Å². The summed E-state index contributed by atoms with van der Waals surface area (Å²) in [5, 5.41) is 2.91. The van der Waals surface area contributed by atoms with Gasteiger partial charge in [-0.2, -0.15) is 0 Å². The van der Waals surface area contributed by atoms with Gasteiger partial charge in [0.2, 0.25) is 5.91 Å². The van der Waals surface area contributed by atoms with Crippen LogP contribution in [0.4, 0.5) is 0 Å². The van der Waals surface area contributed by atoms with Gasteiger partial charge in [0.25, 0.3) is 0 Å². The molecule has 4 nitrogen and oxygen atoms in total. The fraction of sp³-hybridized carbons (Fsp3) is 0.909. The van der Waals surface area contributed by atoms with E-state index >= 15 is 0 Å².